The summed E-state index contributed by atoms with van der Waals surface area (Å²) in [5.41, 5.74) is 1.49. The standard InChI is InChI=1S/C13H10BrClN2O2/c14-11-2-1-9(15)5-10(11)13(19)17-12-6-16-4-3-8(12)7-18/h1-6,18H,7H2,(H,17,19). The number of nitrogens with one attached hydrogen (secondary N) is 1. The molecule has 0 atom stereocenters. The molecule has 0 aliphatic rings. The molecule has 0 bridgehead atoms. The predicted molar refractivity (Wildman–Crippen MR) is 77.3 cm³/mol. The molecule has 0 aliphatic carbocycles. The van der Waals surface area contributed by atoms with E-state index in [1.165, 1.54) is 6.20 Å². The SMILES string of the molecule is O=C(Nc1cnccc1CO)c1cc(Cl)ccc1Br. The summed E-state index contributed by atoms with van der Waals surface area (Å²) in [6.07, 6.45) is 3.04. The Morgan fingerprint density at radius 2 is 2.21 bits per heavy atom. The fourth-order valence-corrected chi connectivity index (χ4v) is 2.13. The Balaban J connectivity index is 2.28. The number of pyridine rings is 1. The fraction of sp³-hybridized carbons (Fsp3) is 0.0769. The number of amides is 1. The van der Waals surface area contributed by atoms with Gasteiger partial charge in [0.2, 0.25) is 0 Å². The summed E-state index contributed by atoms with van der Waals surface area (Å²) in [5, 5.41) is 12.4. The van der Waals surface area contributed by atoms with E-state index < -0.39 is 0 Å². The Bertz CT molecular complexity index is 619. The van der Waals surface area contributed by atoms with Gasteiger partial charge in [0.25, 0.3) is 5.91 Å². The minimum atomic E-state index is -0.322. The van der Waals surface area contributed by atoms with Crippen molar-refractivity contribution in [3.05, 3.63) is 57.3 Å². The van der Waals surface area contributed by atoms with Gasteiger partial charge in [-0.05, 0) is 40.2 Å². The van der Waals surface area contributed by atoms with Gasteiger partial charge in [-0.2, -0.15) is 0 Å². The highest BCUT2D eigenvalue weighted by molar-refractivity contribution is 9.10. The van der Waals surface area contributed by atoms with Gasteiger partial charge >= 0.3 is 0 Å². The number of aliphatic hydroxyl groups is 1. The molecule has 0 fully saturated rings. The van der Waals surface area contributed by atoms with Crippen molar-refractivity contribution in [1.82, 2.24) is 4.98 Å². The molecule has 19 heavy (non-hydrogen) atoms. The molecule has 2 aromatic rings. The van der Waals surface area contributed by atoms with Crippen molar-refractivity contribution < 1.29 is 9.90 Å². The van der Waals surface area contributed by atoms with Gasteiger partial charge in [0.1, 0.15) is 0 Å². The van der Waals surface area contributed by atoms with Gasteiger partial charge in [-0.3, -0.25) is 9.78 Å². The second-order valence-electron chi connectivity index (χ2n) is 3.77. The molecule has 0 saturated carbocycles. The molecule has 2 N–H and O–H groups in total. The minimum Gasteiger partial charge on any atom is -0.392 e. The molecule has 1 heterocycles. The summed E-state index contributed by atoms with van der Waals surface area (Å²) in [5.74, 6) is -0.322. The number of aromatic nitrogens is 1. The van der Waals surface area contributed by atoms with Crippen LogP contribution < -0.4 is 5.32 Å². The van der Waals surface area contributed by atoms with Crippen LogP contribution in [0.5, 0.6) is 0 Å². The van der Waals surface area contributed by atoms with Gasteiger partial charge in [-0.15, -0.1) is 0 Å². The zero-order valence-corrected chi connectivity index (χ0v) is 12.1. The summed E-state index contributed by atoms with van der Waals surface area (Å²) < 4.78 is 0.642. The molecular formula is C13H10BrClN2O2. The summed E-state index contributed by atoms with van der Waals surface area (Å²) in [4.78, 5) is 16.1. The van der Waals surface area contributed by atoms with Gasteiger partial charge < -0.3 is 10.4 Å². The lowest BCUT2D eigenvalue weighted by Gasteiger charge is -2.10. The maximum Gasteiger partial charge on any atom is 0.256 e. The summed E-state index contributed by atoms with van der Waals surface area (Å²) >= 11 is 9.16. The highest BCUT2D eigenvalue weighted by Gasteiger charge is 2.12. The molecule has 98 valence electrons. The van der Waals surface area contributed by atoms with Crippen molar-refractivity contribution in [2.24, 2.45) is 0 Å². The van der Waals surface area contributed by atoms with Crippen LogP contribution >= 0.6 is 27.5 Å². The van der Waals surface area contributed by atoms with Crippen molar-refractivity contribution in [2.75, 3.05) is 5.32 Å². The number of aliphatic hydroxyl groups excluding tert-OH is 1. The van der Waals surface area contributed by atoms with E-state index in [0.717, 1.165) is 0 Å². The molecule has 1 amide bonds. The van der Waals surface area contributed by atoms with Gasteiger partial charge in [-0.25, -0.2) is 0 Å². The average Bonchev–Trinajstić information content (AvgIpc) is 2.42. The third-order valence-electron chi connectivity index (χ3n) is 2.50. The van der Waals surface area contributed by atoms with Gasteiger partial charge in [0, 0.05) is 21.3 Å². The first-order chi connectivity index (χ1) is 9.11. The molecule has 2 rings (SSSR count). The number of hydrogen-bond donors (Lipinski definition) is 2. The summed E-state index contributed by atoms with van der Waals surface area (Å²) in [7, 11) is 0. The molecule has 1 aromatic heterocycles. The first-order valence-electron chi connectivity index (χ1n) is 5.42. The van der Waals surface area contributed by atoms with E-state index in [1.54, 1.807) is 30.5 Å². The van der Waals surface area contributed by atoms with Crippen LogP contribution in [-0.4, -0.2) is 16.0 Å². The first kappa shape index (κ1) is 14.0. The Kier molecular flexibility index (Phi) is 4.52. The van der Waals surface area contributed by atoms with Crippen LogP contribution in [0.1, 0.15) is 15.9 Å². The zero-order valence-electron chi connectivity index (χ0n) is 9.73. The number of hydrogen-bond acceptors (Lipinski definition) is 3. The van der Waals surface area contributed by atoms with Crippen molar-refractivity contribution in [2.45, 2.75) is 6.61 Å². The van der Waals surface area contributed by atoms with Crippen LogP contribution in [0.2, 0.25) is 5.02 Å². The molecule has 4 nitrogen and oxygen atoms in total. The van der Waals surface area contributed by atoms with Gasteiger partial charge in [0.05, 0.1) is 24.1 Å². The van der Waals surface area contributed by atoms with E-state index >= 15 is 0 Å². The normalized spacial score (nSPS) is 10.3. The lowest BCUT2D eigenvalue weighted by molar-refractivity contribution is 0.102. The Labute approximate surface area is 123 Å². The predicted octanol–water partition coefficient (Wildman–Crippen LogP) is 3.24. The van der Waals surface area contributed by atoms with Crippen molar-refractivity contribution in [3.8, 4) is 0 Å². The molecular weight excluding hydrogens is 332 g/mol. The topological polar surface area (TPSA) is 62.2 Å². The smallest absolute Gasteiger partial charge is 0.256 e. The second kappa shape index (κ2) is 6.14. The highest BCUT2D eigenvalue weighted by atomic mass is 79.9. The van der Waals surface area contributed by atoms with Crippen LogP contribution in [0.25, 0.3) is 0 Å². The highest BCUT2D eigenvalue weighted by Crippen LogP contribution is 2.23. The lowest BCUT2D eigenvalue weighted by Crippen LogP contribution is -2.14. The van der Waals surface area contributed by atoms with E-state index in [0.29, 0.717) is 26.3 Å². The summed E-state index contributed by atoms with van der Waals surface area (Å²) in [6.45, 7) is -0.172. The van der Waals surface area contributed by atoms with Crippen LogP contribution in [0.3, 0.4) is 0 Å². The number of halogens is 2. The molecule has 0 unspecified atom stereocenters. The van der Waals surface area contributed by atoms with Crippen LogP contribution in [0.15, 0.2) is 41.1 Å². The quantitative estimate of drug-likeness (QED) is 0.901. The van der Waals surface area contributed by atoms with Gasteiger partial charge in [0.15, 0.2) is 0 Å². The van der Waals surface area contributed by atoms with Crippen molar-refractivity contribution in [3.63, 3.8) is 0 Å². The van der Waals surface area contributed by atoms with Crippen molar-refractivity contribution in [1.29, 1.82) is 0 Å². The molecule has 0 spiro atoms. The Hall–Kier alpha value is -1.43. The van der Waals surface area contributed by atoms with E-state index in [-0.39, 0.29) is 12.5 Å². The summed E-state index contributed by atoms with van der Waals surface area (Å²) in [6, 6.07) is 6.59. The van der Waals surface area contributed by atoms with Crippen LogP contribution in [0, 0.1) is 0 Å². The molecule has 0 aliphatic heterocycles. The lowest BCUT2D eigenvalue weighted by atomic mass is 10.2. The van der Waals surface area contributed by atoms with Gasteiger partial charge in [-0.1, -0.05) is 11.6 Å². The average molecular weight is 342 g/mol. The zero-order chi connectivity index (χ0) is 13.8. The number of anilines is 1. The Morgan fingerprint density at radius 1 is 1.42 bits per heavy atom. The number of benzene rings is 1. The van der Waals surface area contributed by atoms with E-state index in [1.807, 2.05) is 0 Å². The van der Waals surface area contributed by atoms with E-state index in [2.05, 4.69) is 26.2 Å². The number of carbonyl (C=O) groups is 1. The van der Waals surface area contributed by atoms with E-state index in [4.69, 9.17) is 11.6 Å². The van der Waals surface area contributed by atoms with Crippen LogP contribution in [0.4, 0.5) is 5.69 Å². The minimum absolute atomic E-state index is 0.172. The largest absolute Gasteiger partial charge is 0.392 e. The number of carbonyl (C=O) groups excluding carboxylic acids is 1. The van der Waals surface area contributed by atoms with E-state index in [9.17, 15) is 9.90 Å². The molecule has 0 radical (unpaired) electrons. The number of nitrogens with zero attached hydrogens (tertiary/aromatic N) is 1. The molecule has 0 saturated heterocycles. The van der Waals surface area contributed by atoms with Crippen molar-refractivity contribution >= 4 is 39.1 Å². The fourth-order valence-electron chi connectivity index (χ4n) is 1.53. The van der Waals surface area contributed by atoms with Crippen LogP contribution in [-0.2, 0) is 6.61 Å². The number of rotatable bonds is 3. The second-order valence-corrected chi connectivity index (χ2v) is 5.06. The third kappa shape index (κ3) is 3.32. The Morgan fingerprint density at radius 3 is 2.95 bits per heavy atom. The monoisotopic (exact) mass is 340 g/mol. The molecule has 1 aromatic carbocycles. The third-order valence-corrected chi connectivity index (χ3v) is 3.43. The maximum absolute atomic E-state index is 12.1. The maximum atomic E-state index is 12.1. The molecule has 6 heteroatoms. The first-order valence-corrected chi connectivity index (χ1v) is 6.59.